The molecular formula is C10H10Cl2O3. The van der Waals surface area contributed by atoms with E-state index in [4.69, 9.17) is 33.0 Å². The topological polar surface area (TPSA) is 46.5 Å². The van der Waals surface area contributed by atoms with Gasteiger partial charge in [0.2, 0.25) is 0 Å². The van der Waals surface area contributed by atoms with Crippen LogP contribution in [0.15, 0.2) is 12.1 Å². The highest BCUT2D eigenvalue weighted by Crippen LogP contribution is 2.36. The number of unbranched alkanes of at least 4 members (excludes halogenated alkanes) is 1. The molecule has 1 N–H and O–H groups in total. The van der Waals surface area contributed by atoms with Crippen molar-refractivity contribution < 1.29 is 14.6 Å². The first kappa shape index (κ1) is 12.1. The summed E-state index contributed by atoms with van der Waals surface area (Å²) >= 11 is 11.6. The van der Waals surface area contributed by atoms with E-state index in [0.717, 1.165) is 6.29 Å². The highest BCUT2D eigenvalue weighted by molar-refractivity contribution is 6.37. The highest BCUT2D eigenvalue weighted by Gasteiger charge is 2.08. The number of phenolic OH excluding ortho intramolecular Hbond substituents is 1. The van der Waals surface area contributed by atoms with Crippen LogP contribution in [-0.2, 0) is 4.79 Å². The molecule has 0 aromatic heterocycles. The molecule has 5 heteroatoms. The number of phenols is 1. The van der Waals surface area contributed by atoms with Gasteiger partial charge in [0, 0.05) is 18.6 Å². The molecule has 0 saturated heterocycles. The third-order valence-electron chi connectivity index (χ3n) is 1.70. The number of aromatic hydroxyl groups is 1. The molecule has 0 amide bonds. The standard InChI is InChI=1S/C10H10Cl2O3/c11-8-5-7(14)6-9(12)10(8)15-4-2-1-3-13/h3,5-6,14H,1-2,4H2. The predicted molar refractivity (Wildman–Crippen MR) is 58.9 cm³/mol. The van der Waals surface area contributed by atoms with Gasteiger partial charge in [-0.2, -0.15) is 0 Å². The van der Waals surface area contributed by atoms with Crippen molar-refractivity contribution in [3.05, 3.63) is 22.2 Å². The normalized spacial score (nSPS) is 10.0. The van der Waals surface area contributed by atoms with Crippen molar-refractivity contribution in [1.82, 2.24) is 0 Å². The number of ether oxygens (including phenoxy) is 1. The largest absolute Gasteiger partial charge is 0.508 e. The van der Waals surface area contributed by atoms with Crippen molar-refractivity contribution >= 4 is 29.5 Å². The van der Waals surface area contributed by atoms with Crippen molar-refractivity contribution in [3.63, 3.8) is 0 Å². The van der Waals surface area contributed by atoms with Crippen molar-refractivity contribution in [2.45, 2.75) is 12.8 Å². The van der Waals surface area contributed by atoms with Gasteiger partial charge >= 0.3 is 0 Å². The molecule has 0 aliphatic heterocycles. The van der Waals surface area contributed by atoms with Crippen LogP contribution >= 0.6 is 23.2 Å². The number of hydrogen-bond donors (Lipinski definition) is 1. The Morgan fingerprint density at radius 2 is 1.93 bits per heavy atom. The van der Waals surface area contributed by atoms with E-state index < -0.39 is 0 Å². The van der Waals surface area contributed by atoms with Gasteiger partial charge in [-0.25, -0.2) is 0 Å². The molecule has 1 aromatic rings. The molecule has 0 fully saturated rings. The second-order valence-electron chi connectivity index (χ2n) is 2.90. The summed E-state index contributed by atoms with van der Waals surface area (Å²) in [5.41, 5.74) is 0. The van der Waals surface area contributed by atoms with E-state index in [0.29, 0.717) is 25.2 Å². The van der Waals surface area contributed by atoms with E-state index in [9.17, 15) is 4.79 Å². The smallest absolute Gasteiger partial charge is 0.156 e. The Morgan fingerprint density at radius 1 is 1.33 bits per heavy atom. The van der Waals surface area contributed by atoms with Gasteiger partial charge in [-0.15, -0.1) is 0 Å². The van der Waals surface area contributed by atoms with Crippen LogP contribution in [0.4, 0.5) is 0 Å². The van der Waals surface area contributed by atoms with E-state index in [-0.39, 0.29) is 15.8 Å². The monoisotopic (exact) mass is 248 g/mol. The van der Waals surface area contributed by atoms with E-state index >= 15 is 0 Å². The molecule has 0 bridgehead atoms. The number of rotatable bonds is 5. The Balaban J connectivity index is 2.64. The van der Waals surface area contributed by atoms with Crippen LogP contribution in [0.25, 0.3) is 0 Å². The number of halogens is 2. The fourth-order valence-electron chi connectivity index (χ4n) is 1.03. The molecule has 0 heterocycles. The van der Waals surface area contributed by atoms with Gasteiger partial charge < -0.3 is 14.6 Å². The lowest BCUT2D eigenvalue weighted by Gasteiger charge is -2.09. The summed E-state index contributed by atoms with van der Waals surface area (Å²) in [7, 11) is 0. The van der Waals surface area contributed by atoms with Crippen LogP contribution in [0.2, 0.25) is 10.0 Å². The summed E-state index contributed by atoms with van der Waals surface area (Å²) in [6.45, 7) is 0.364. The Kier molecular flexibility index (Phi) is 4.72. The first-order valence-corrected chi connectivity index (χ1v) is 5.15. The molecule has 0 aliphatic rings. The number of aldehydes is 1. The maximum Gasteiger partial charge on any atom is 0.156 e. The number of benzene rings is 1. The van der Waals surface area contributed by atoms with Crippen molar-refractivity contribution in [2.75, 3.05) is 6.61 Å². The van der Waals surface area contributed by atoms with E-state index in [1.54, 1.807) is 0 Å². The first-order chi connectivity index (χ1) is 7.15. The zero-order valence-electron chi connectivity index (χ0n) is 7.87. The minimum absolute atomic E-state index is 0.00904. The Labute approximate surface area is 97.6 Å². The maximum absolute atomic E-state index is 10.1. The van der Waals surface area contributed by atoms with Crippen LogP contribution in [0.5, 0.6) is 11.5 Å². The summed E-state index contributed by atoms with van der Waals surface area (Å²) < 4.78 is 5.29. The van der Waals surface area contributed by atoms with Gasteiger partial charge in [0.1, 0.15) is 12.0 Å². The summed E-state index contributed by atoms with van der Waals surface area (Å²) in [4.78, 5) is 10.1. The lowest BCUT2D eigenvalue weighted by atomic mass is 10.3. The van der Waals surface area contributed by atoms with Crippen LogP contribution in [0, 0.1) is 0 Å². The molecule has 15 heavy (non-hydrogen) atoms. The highest BCUT2D eigenvalue weighted by atomic mass is 35.5. The predicted octanol–water partition coefficient (Wildman–Crippen LogP) is 3.06. The van der Waals surface area contributed by atoms with Crippen LogP contribution in [0.3, 0.4) is 0 Å². The second kappa shape index (κ2) is 5.83. The Morgan fingerprint density at radius 3 is 2.47 bits per heavy atom. The molecule has 3 nitrogen and oxygen atoms in total. The molecule has 0 aliphatic carbocycles. The minimum Gasteiger partial charge on any atom is -0.508 e. The van der Waals surface area contributed by atoms with E-state index in [2.05, 4.69) is 0 Å². The molecule has 82 valence electrons. The second-order valence-corrected chi connectivity index (χ2v) is 3.71. The summed E-state index contributed by atoms with van der Waals surface area (Å²) in [5, 5.41) is 9.67. The number of hydrogen-bond acceptors (Lipinski definition) is 3. The fraction of sp³-hybridized carbons (Fsp3) is 0.300. The van der Waals surface area contributed by atoms with Crippen molar-refractivity contribution in [1.29, 1.82) is 0 Å². The van der Waals surface area contributed by atoms with Crippen LogP contribution in [-0.4, -0.2) is 18.0 Å². The third kappa shape index (κ3) is 3.61. The average molecular weight is 249 g/mol. The zero-order chi connectivity index (χ0) is 11.3. The third-order valence-corrected chi connectivity index (χ3v) is 2.26. The average Bonchev–Trinajstić information content (AvgIpc) is 2.15. The lowest BCUT2D eigenvalue weighted by Crippen LogP contribution is -1.98. The molecule has 0 atom stereocenters. The zero-order valence-corrected chi connectivity index (χ0v) is 9.38. The van der Waals surface area contributed by atoms with Gasteiger partial charge in [0.05, 0.1) is 16.7 Å². The van der Waals surface area contributed by atoms with Gasteiger partial charge in [-0.05, 0) is 6.42 Å². The first-order valence-electron chi connectivity index (χ1n) is 4.39. The van der Waals surface area contributed by atoms with Gasteiger partial charge in [0.25, 0.3) is 0 Å². The Bertz CT molecular complexity index is 330. The molecule has 0 unspecified atom stereocenters. The van der Waals surface area contributed by atoms with Crippen LogP contribution in [0.1, 0.15) is 12.8 Å². The number of carbonyl (C=O) groups is 1. The molecule has 1 aromatic carbocycles. The van der Waals surface area contributed by atoms with Crippen molar-refractivity contribution in [3.8, 4) is 11.5 Å². The van der Waals surface area contributed by atoms with Crippen LogP contribution < -0.4 is 4.74 Å². The molecule has 0 radical (unpaired) electrons. The molecule has 0 spiro atoms. The number of carbonyl (C=O) groups excluding carboxylic acids is 1. The Hall–Kier alpha value is -0.930. The molecule has 1 rings (SSSR count). The lowest BCUT2D eigenvalue weighted by molar-refractivity contribution is -0.108. The summed E-state index contributed by atoms with van der Waals surface area (Å²) in [6, 6.07) is 2.70. The summed E-state index contributed by atoms with van der Waals surface area (Å²) in [5.74, 6) is 0.326. The molecule has 0 saturated carbocycles. The quantitative estimate of drug-likeness (QED) is 0.644. The van der Waals surface area contributed by atoms with Crippen molar-refractivity contribution in [2.24, 2.45) is 0 Å². The van der Waals surface area contributed by atoms with E-state index in [1.165, 1.54) is 12.1 Å². The van der Waals surface area contributed by atoms with Gasteiger partial charge in [-0.3, -0.25) is 0 Å². The van der Waals surface area contributed by atoms with Gasteiger partial charge in [-0.1, -0.05) is 23.2 Å². The molecular weight excluding hydrogens is 239 g/mol. The SMILES string of the molecule is O=CCCCOc1c(Cl)cc(O)cc1Cl. The fourth-order valence-corrected chi connectivity index (χ4v) is 1.61. The summed E-state index contributed by atoms with van der Waals surface area (Å²) in [6.07, 6.45) is 1.87. The van der Waals surface area contributed by atoms with Gasteiger partial charge in [0.15, 0.2) is 5.75 Å². The van der Waals surface area contributed by atoms with E-state index in [1.807, 2.05) is 0 Å². The minimum atomic E-state index is -0.00904. The maximum atomic E-state index is 10.1.